The summed E-state index contributed by atoms with van der Waals surface area (Å²) in [4.78, 5) is 20.7. The summed E-state index contributed by atoms with van der Waals surface area (Å²) in [7, 11) is 0. The zero-order chi connectivity index (χ0) is 15.0. The number of rotatable bonds is 2. The maximum atomic E-state index is 13.0. The molecule has 112 valence electrons. The van der Waals surface area contributed by atoms with Crippen molar-refractivity contribution >= 4 is 5.91 Å². The van der Waals surface area contributed by atoms with Crippen molar-refractivity contribution in [1.82, 2.24) is 20.0 Å². The van der Waals surface area contributed by atoms with Crippen LogP contribution in [-0.4, -0.2) is 45.1 Å². The minimum atomic E-state index is -0.473. The molecular formula is C13H15FN4O3. The summed E-state index contributed by atoms with van der Waals surface area (Å²) in [6.07, 6.45) is 0.495. The number of H-pyrrole nitrogens is 1. The smallest absolute Gasteiger partial charge is 0.270 e. The van der Waals surface area contributed by atoms with E-state index in [1.165, 1.54) is 6.07 Å². The lowest BCUT2D eigenvalue weighted by Gasteiger charge is -2.35. The van der Waals surface area contributed by atoms with Gasteiger partial charge in [-0.25, -0.2) is 4.39 Å². The standard InChI is InChI=1S/C13H15FN4O3/c1-7-5-18(13(19)10-3-9(14)4-15-10)6-11(20-7)12-16-8(2)17-21-12/h3-4,7,11,15H,5-6H2,1-2H3/t7-,11-/m1/s1. The number of halogens is 1. The van der Waals surface area contributed by atoms with Crippen LogP contribution in [0, 0.1) is 12.7 Å². The predicted molar refractivity (Wildman–Crippen MR) is 69.0 cm³/mol. The predicted octanol–water partition coefficient (Wildman–Crippen LogP) is 1.45. The van der Waals surface area contributed by atoms with Gasteiger partial charge in [0, 0.05) is 18.8 Å². The summed E-state index contributed by atoms with van der Waals surface area (Å²) < 4.78 is 23.8. The number of aryl methyl sites for hydroxylation is 1. The van der Waals surface area contributed by atoms with E-state index in [0.29, 0.717) is 18.3 Å². The summed E-state index contributed by atoms with van der Waals surface area (Å²) in [5.74, 6) is 0.102. The summed E-state index contributed by atoms with van der Waals surface area (Å²) >= 11 is 0. The lowest BCUT2D eigenvalue weighted by Crippen LogP contribution is -2.46. The number of carbonyl (C=O) groups excluding carboxylic acids is 1. The van der Waals surface area contributed by atoms with Crippen molar-refractivity contribution in [3.05, 3.63) is 35.5 Å². The summed E-state index contributed by atoms with van der Waals surface area (Å²) in [6.45, 7) is 4.27. The van der Waals surface area contributed by atoms with Crippen LogP contribution in [0.5, 0.6) is 0 Å². The number of hydrogen-bond acceptors (Lipinski definition) is 5. The van der Waals surface area contributed by atoms with Crippen molar-refractivity contribution in [3.63, 3.8) is 0 Å². The fraction of sp³-hybridized carbons (Fsp3) is 0.462. The molecule has 0 radical (unpaired) electrons. The van der Waals surface area contributed by atoms with E-state index in [9.17, 15) is 9.18 Å². The zero-order valence-corrected chi connectivity index (χ0v) is 11.7. The van der Waals surface area contributed by atoms with Crippen LogP contribution in [0.2, 0.25) is 0 Å². The molecule has 1 aliphatic heterocycles. The lowest BCUT2D eigenvalue weighted by atomic mass is 10.2. The molecule has 1 N–H and O–H groups in total. The van der Waals surface area contributed by atoms with Crippen molar-refractivity contribution in [1.29, 1.82) is 0 Å². The third kappa shape index (κ3) is 2.80. The molecule has 3 heterocycles. The van der Waals surface area contributed by atoms with E-state index in [1.54, 1.807) is 11.8 Å². The zero-order valence-electron chi connectivity index (χ0n) is 11.7. The van der Waals surface area contributed by atoms with Crippen LogP contribution < -0.4 is 0 Å². The molecule has 0 bridgehead atoms. The molecule has 1 saturated heterocycles. The number of amides is 1. The third-order valence-corrected chi connectivity index (χ3v) is 3.24. The fourth-order valence-corrected chi connectivity index (χ4v) is 2.36. The van der Waals surface area contributed by atoms with Crippen LogP contribution in [0.25, 0.3) is 0 Å². The van der Waals surface area contributed by atoms with Gasteiger partial charge in [0.1, 0.15) is 11.5 Å². The number of carbonyl (C=O) groups is 1. The molecule has 2 aromatic heterocycles. The number of aromatic amines is 1. The van der Waals surface area contributed by atoms with Gasteiger partial charge >= 0.3 is 0 Å². The van der Waals surface area contributed by atoms with Crippen molar-refractivity contribution < 1.29 is 18.4 Å². The molecule has 0 aliphatic carbocycles. The minimum absolute atomic E-state index is 0.181. The molecule has 7 nitrogen and oxygen atoms in total. The molecule has 0 spiro atoms. The van der Waals surface area contributed by atoms with Crippen LogP contribution in [-0.2, 0) is 4.74 Å². The van der Waals surface area contributed by atoms with Gasteiger partial charge in [0.15, 0.2) is 11.9 Å². The molecule has 8 heteroatoms. The van der Waals surface area contributed by atoms with Gasteiger partial charge < -0.3 is 19.1 Å². The number of ether oxygens (including phenoxy) is 1. The van der Waals surface area contributed by atoms with E-state index in [0.717, 1.165) is 6.20 Å². The Hall–Kier alpha value is -2.22. The number of aromatic nitrogens is 3. The van der Waals surface area contributed by atoms with Gasteiger partial charge in [0.25, 0.3) is 11.8 Å². The molecule has 21 heavy (non-hydrogen) atoms. The molecule has 0 saturated carbocycles. The Balaban J connectivity index is 1.78. The van der Waals surface area contributed by atoms with Gasteiger partial charge in [-0.1, -0.05) is 5.16 Å². The first-order valence-corrected chi connectivity index (χ1v) is 6.62. The second-order valence-electron chi connectivity index (χ2n) is 5.06. The normalized spacial score (nSPS) is 22.5. The highest BCUT2D eigenvalue weighted by molar-refractivity contribution is 5.92. The monoisotopic (exact) mass is 294 g/mol. The number of morpholine rings is 1. The van der Waals surface area contributed by atoms with Crippen LogP contribution in [0.1, 0.15) is 35.2 Å². The lowest BCUT2D eigenvalue weighted by molar-refractivity contribution is -0.0811. The summed E-state index contributed by atoms with van der Waals surface area (Å²) in [6, 6.07) is 1.17. The van der Waals surface area contributed by atoms with Crippen LogP contribution in [0.3, 0.4) is 0 Å². The Labute approximate surface area is 120 Å². The Bertz CT molecular complexity index is 653. The topological polar surface area (TPSA) is 84.2 Å². The third-order valence-electron chi connectivity index (χ3n) is 3.24. The average Bonchev–Trinajstić information content (AvgIpc) is 3.06. The van der Waals surface area contributed by atoms with E-state index in [1.807, 2.05) is 6.92 Å². The summed E-state index contributed by atoms with van der Waals surface area (Å²) in [5, 5.41) is 3.72. The quantitative estimate of drug-likeness (QED) is 0.906. The van der Waals surface area contributed by atoms with Crippen LogP contribution in [0.15, 0.2) is 16.8 Å². The van der Waals surface area contributed by atoms with Gasteiger partial charge in [-0.05, 0) is 13.8 Å². The molecule has 1 fully saturated rings. The second kappa shape index (κ2) is 5.28. The van der Waals surface area contributed by atoms with Gasteiger partial charge in [-0.15, -0.1) is 0 Å². The van der Waals surface area contributed by atoms with Crippen LogP contribution >= 0.6 is 0 Å². The van der Waals surface area contributed by atoms with Gasteiger partial charge in [-0.3, -0.25) is 4.79 Å². The largest absolute Gasteiger partial charge is 0.362 e. The van der Waals surface area contributed by atoms with Crippen molar-refractivity contribution in [2.45, 2.75) is 26.1 Å². The van der Waals surface area contributed by atoms with E-state index < -0.39 is 11.9 Å². The Morgan fingerprint density at radius 1 is 1.52 bits per heavy atom. The van der Waals surface area contributed by atoms with E-state index in [-0.39, 0.29) is 24.2 Å². The Morgan fingerprint density at radius 3 is 2.95 bits per heavy atom. The molecule has 2 atom stereocenters. The molecule has 1 amide bonds. The fourth-order valence-electron chi connectivity index (χ4n) is 2.36. The second-order valence-corrected chi connectivity index (χ2v) is 5.06. The van der Waals surface area contributed by atoms with Gasteiger partial charge in [0.05, 0.1) is 12.6 Å². The van der Waals surface area contributed by atoms with E-state index in [4.69, 9.17) is 9.26 Å². The molecule has 3 rings (SSSR count). The van der Waals surface area contributed by atoms with E-state index in [2.05, 4.69) is 15.1 Å². The molecule has 0 unspecified atom stereocenters. The molecule has 1 aliphatic rings. The first-order valence-electron chi connectivity index (χ1n) is 6.62. The van der Waals surface area contributed by atoms with Crippen LogP contribution in [0.4, 0.5) is 4.39 Å². The minimum Gasteiger partial charge on any atom is -0.362 e. The first kappa shape index (κ1) is 13.7. The van der Waals surface area contributed by atoms with Gasteiger partial charge in [0.2, 0.25) is 0 Å². The van der Waals surface area contributed by atoms with Crippen molar-refractivity contribution in [2.75, 3.05) is 13.1 Å². The van der Waals surface area contributed by atoms with Gasteiger partial charge in [-0.2, -0.15) is 4.98 Å². The molecule has 0 aromatic carbocycles. The maximum absolute atomic E-state index is 13.0. The summed E-state index contributed by atoms with van der Waals surface area (Å²) in [5.41, 5.74) is 0.210. The first-order chi connectivity index (χ1) is 10.0. The number of nitrogens with zero attached hydrogens (tertiary/aromatic N) is 3. The average molecular weight is 294 g/mol. The van der Waals surface area contributed by atoms with Crippen molar-refractivity contribution in [3.8, 4) is 0 Å². The maximum Gasteiger partial charge on any atom is 0.270 e. The highest BCUT2D eigenvalue weighted by Gasteiger charge is 2.33. The SMILES string of the molecule is Cc1noc([C@H]2CN(C(=O)c3cc(F)c[nH]3)C[C@@H](C)O2)n1. The highest BCUT2D eigenvalue weighted by atomic mass is 19.1. The van der Waals surface area contributed by atoms with Crippen molar-refractivity contribution in [2.24, 2.45) is 0 Å². The molecule has 2 aromatic rings. The Kier molecular flexibility index (Phi) is 3.46. The number of nitrogens with one attached hydrogen (secondary N) is 1. The highest BCUT2D eigenvalue weighted by Crippen LogP contribution is 2.25. The van der Waals surface area contributed by atoms with E-state index >= 15 is 0 Å². The molecular weight excluding hydrogens is 279 g/mol. The number of hydrogen-bond donors (Lipinski definition) is 1. The Morgan fingerprint density at radius 2 is 2.33 bits per heavy atom.